The summed E-state index contributed by atoms with van der Waals surface area (Å²) in [5.41, 5.74) is -0.622. The average molecular weight is 212 g/mol. The number of carboxylic acids is 1. The smallest absolute Gasteiger partial charge is 0.309 e. The van der Waals surface area contributed by atoms with Gasteiger partial charge in [0, 0.05) is 5.92 Å². The average Bonchev–Trinajstić information content (AvgIpc) is 2.79. The maximum Gasteiger partial charge on any atom is 0.309 e. The van der Waals surface area contributed by atoms with Crippen molar-refractivity contribution in [3.05, 3.63) is 0 Å². The Morgan fingerprint density at radius 3 is 2.53 bits per heavy atom. The number of epoxide rings is 1. The first-order chi connectivity index (χ1) is 6.77. The van der Waals surface area contributed by atoms with Crippen LogP contribution in [0.1, 0.15) is 40.5 Å². The van der Waals surface area contributed by atoms with Gasteiger partial charge in [0.1, 0.15) is 0 Å². The molecule has 0 radical (unpaired) electrons. The van der Waals surface area contributed by atoms with Gasteiger partial charge in [-0.25, -0.2) is 0 Å². The summed E-state index contributed by atoms with van der Waals surface area (Å²) in [6.07, 6.45) is 2.16. The lowest BCUT2D eigenvalue weighted by atomic mass is 9.58. The van der Waals surface area contributed by atoms with Crippen molar-refractivity contribution in [3.63, 3.8) is 0 Å². The summed E-state index contributed by atoms with van der Waals surface area (Å²) in [5, 5.41) is 9.41. The Morgan fingerprint density at radius 2 is 2.07 bits per heavy atom. The fourth-order valence-corrected chi connectivity index (χ4v) is 3.33. The lowest BCUT2D eigenvalue weighted by molar-refractivity contribution is -0.157. The molecule has 4 unspecified atom stereocenters. The first-order valence-corrected chi connectivity index (χ1v) is 5.65. The molecule has 15 heavy (non-hydrogen) atoms. The molecular weight excluding hydrogens is 192 g/mol. The van der Waals surface area contributed by atoms with Crippen LogP contribution in [0.5, 0.6) is 0 Å². The molecule has 1 aliphatic heterocycles. The van der Waals surface area contributed by atoms with Gasteiger partial charge in [-0.2, -0.15) is 0 Å². The van der Waals surface area contributed by atoms with Gasteiger partial charge in [-0.3, -0.25) is 4.79 Å². The van der Waals surface area contributed by atoms with Crippen molar-refractivity contribution in [2.75, 3.05) is 0 Å². The van der Waals surface area contributed by atoms with Crippen molar-refractivity contribution < 1.29 is 14.6 Å². The van der Waals surface area contributed by atoms with Crippen LogP contribution in [0, 0.1) is 16.7 Å². The molecule has 0 spiro atoms. The molecule has 4 atom stereocenters. The Bertz CT molecular complexity index is 292. The zero-order chi connectivity index (χ0) is 11.4. The summed E-state index contributed by atoms with van der Waals surface area (Å²) in [6, 6.07) is 0. The predicted octanol–water partition coefficient (Wildman–Crippen LogP) is 2.30. The van der Waals surface area contributed by atoms with Gasteiger partial charge in [-0.15, -0.1) is 0 Å². The van der Waals surface area contributed by atoms with Crippen molar-refractivity contribution >= 4 is 5.97 Å². The van der Waals surface area contributed by atoms with Crippen LogP contribution in [0.25, 0.3) is 0 Å². The van der Waals surface area contributed by atoms with Crippen molar-refractivity contribution in [2.24, 2.45) is 16.7 Å². The minimum Gasteiger partial charge on any atom is -0.481 e. The molecule has 1 saturated carbocycles. The van der Waals surface area contributed by atoms with Crippen LogP contribution in [0.15, 0.2) is 0 Å². The largest absolute Gasteiger partial charge is 0.481 e. The van der Waals surface area contributed by atoms with Gasteiger partial charge in [-0.05, 0) is 25.2 Å². The zero-order valence-electron chi connectivity index (χ0n) is 9.91. The van der Waals surface area contributed by atoms with Crippen LogP contribution >= 0.6 is 0 Å². The molecule has 3 heteroatoms. The number of carbonyl (C=O) groups is 1. The van der Waals surface area contributed by atoms with Gasteiger partial charge in [0.25, 0.3) is 0 Å². The van der Waals surface area contributed by atoms with Crippen LogP contribution in [0.4, 0.5) is 0 Å². The highest BCUT2D eigenvalue weighted by Gasteiger charge is 2.62. The van der Waals surface area contributed by atoms with E-state index in [1.807, 2.05) is 6.92 Å². The number of hydrogen-bond acceptors (Lipinski definition) is 2. The minimum atomic E-state index is -0.670. The molecule has 1 saturated heterocycles. The van der Waals surface area contributed by atoms with E-state index in [1.165, 1.54) is 0 Å². The Hall–Kier alpha value is -0.570. The number of ether oxygens (including phenoxy) is 1. The summed E-state index contributed by atoms with van der Waals surface area (Å²) in [6.45, 7) is 8.22. The monoisotopic (exact) mass is 212 g/mol. The standard InChI is InChI=1S/C12H20O3/c1-11(2,3)9-8-7(15-8)5-6-12(9,4)10(13)14/h7-9H,5-6H2,1-4H3,(H,13,14). The molecule has 3 nitrogen and oxygen atoms in total. The van der Waals surface area contributed by atoms with E-state index in [0.29, 0.717) is 6.10 Å². The maximum absolute atomic E-state index is 11.4. The molecule has 0 bridgehead atoms. The Balaban J connectivity index is 2.33. The Labute approximate surface area is 90.8 Å². The molecule has 86 valence electrons. The van der Waals surface area contributed by atoms with Crippen molar-refractivity contribution in [1.29, 1.82) is 0 Å². The van der Waals surface area contributed by atoms with Gasteiger partial charge >= 0.3 is 5.97 Å². The predicted molar refractivity (Wildman–Crippen MR) is 56.6 cm³/mol. The van der Waals surface area contributed by atoms with Crippen LogP contribution in [-0.4, -0.2) is 23.3 Å². The normalized spacial score (nSPS) is 44.7. The molecule has 2 aliphatic rings. The second-order valence-corrected chi connectivity index (χ2v) is 6.24. The zero-order valence-corrected chi connectivity index (χ0v) is 9.91. The second-order valence-electron chi connectivity index (χ2n) is 6.24. The summed E-state index contributed by atoms with van der Waals surface area (Å²) >= 11 is 0. The van der Waals surface area contributed by atoms with Crippen molar-refractivity contribution in [2.45, 2.75) is 52.7 Å². The molecule has 0 amide bonds. The van der Waals surface area contributed by atoms with E-state index in [-0.39, 0.29) is 17.4 Å². The minimum absolute atomic E-state index is 0.00697. The third kappa shape index (κ3) is 1.57. The highest BCUT2D eigenvalue weighted by Crippen LogP contribution is 2.56. The van der Waals surface area contributed by atoms with Crippen LogP contribution < -0.4 is 0 Å². The first kappa shape index (κ1) is 10.9. The number of hydrogen-bond donors (Lipinski definition) is 1. The second kappa shape index (κ2) is 2.97. The quantitative estimate of drug-likeness (QED) is 0.678. The molecule has 1 heterocycles. The van der Waals surface area contributed by atoms with Gasteiger partial charge in [0.15, 0.2) is 0 Å². The number of rotatable bonds is 1. The summed E-state index contributed by atoms with van der Waals surface area (Å²) in [5.74, 6) is -0.544. The van der Waals surface area contributed by atoms with E-state index in [9.17, 15) is 9.90 Å². The van der Waals surface area contributed by atoms with Gasteiger partial charge in [0.2, 0.25) is 0 Å². The lowest BCUT2D eigenvalue weighted by Crippen LogP contribution is -2.48. The maximum atomic E-state index is 11.4. The SMILES string of the molecule is CC(C)(C)C1C2OC2CCC1(C)C(=O)O. The lowest BCUT2D eigenvalue weighted by Gasteiger charge is -2.43. The molecule has 2 rings (SSSR count). The molecular formula is C12H20O3. The van der Waals surface area contributed by atoms with E-state index in [0.717, 1.165) is 12.8 Å². The van der Waals surface area contributed by atoms with Crippen LogP contribution in [0.2, 0.25) is 0 Å². The third-order valence-corrected chi connectivity index (χ3v) is 4.01. The molecule has 1 aliphatic carbocycles. The molecule has 0 aromatic heterocycles. The molecule has 1 N–H and O–H groups in total. The summed E-state index contributed by atoms with van der Waals surface area (Å²) < 4.78 is 5.60. The first-order valence-electron chi connectivity index (χ1n) is 5.65. The summed E-state index contributed by atoms with van der Waals surface area (Å²) in [7, 11) is 0. The van der Waals surface area contributed by atoms with E-state index in [2.05, 4.69) is 20.8 Å². The highest BCUT2D eigenvalue weighted by molar-refractivity contribution is 5.75. The van der Waals surface area contributed by atoms with E-state index < -0.39 is 11.4 Å². The third-order valence-electron chi connectivity index (χ3n) is 4.01. The number of fused-ring (bicyclic) bond motifs is 1. The van der Waals surface area contributed by atoms with Crippen LogP contribution in [-0.2, 0) is 9.53 Å². The van der Waals surface area contributed by atoms with Gasteiger partial charge < -0.3 is 9.84 Å². The van der Waals surface area contributed by atoms with E-state index in [1.54, 1.807) is 0 Å². The highest BCUT2D eigenvalue weighted by atomic mass is 16.6. The fraction of sp³-hybridized carbons (Fsp3) is 0.917. The van der Waals surface area contributed by atoms with Crippen molar-refractivity contribution in [1.82, 2.24) is 0 Å². The van der Waals surface area contributed by atoms with Crippen molar-refractivity contribution in [3.8, 4) is 0 Å². The Morgan fingerprint density at radius 1 is 1.47 bits per heavy atom. The molecule has 2 fully saturated rings. The van der Waals surface area contributed by atoms with E-state index >= 15 is 0 Å². The number of aliphatic carboxylic acids is 1. The number of carboxylic acid groups (broad SMARTS) is 1. The fourth-order valence-electron chi connectivity index (χ4n) is 3.33. The van der Waals surface area contributed by atoms with Crippen LogP contribution in [0.3, 0.4) is 0 Å². The van der Waals surface area contributed by atoms with Gasteiger partial charge in [0.05, 0.1) is 17.6 Å². The van der Waals surface area contributed by atoms with E-state index in [4.69, 9.17) is 4.74 Å². The van der Waals surface area contributed by atoms with Gasteiger partial charge in [-0.1, -0.05) is 20.8 Å². The topological polar surface area (TPSA) is 49.8 Å². The molecule has 0 aromatic carbocycles. The molecule has 0 aromatic rings. The summed E-state index contributed by atoms with van der Waals surface area (Å²) in [4.78, 5) is 11.4. The Kier molecular flexibility index (Phi) is 2.16.